The van der Waals surface area contributed by atoms with Gasteiger partial charge in [-0.3, -0.25) is 0 Å². The van der Waals surface area contributed by atoms with Crippen molar-refractivity contribution in [3.63, 3.8) is 0 Å². The number of benzene rings is 1. The van der Waals surface area contributed by atoms with E-state index in [4.69, 9.17) is 11.5 Å². The molecular formula is C9H14N2. The molecule has 1 atom stereocenters. The highest BCUT2D eigenvalue weighted by molar-refractivity contribution is 5.15. The van der Waals surface area contributed by atoms with Gasteiger partial charge in [0.1, 0.15) is 0 Å². The second-order valence-electron chi connectivity index (χ2n) is 2.69. The van der Waals surface area contributed by atoms with E-state index in [0.29, 0.717) is 6.54 Å². The second kappa shape index (κ2) is 4.11. The van der Waals surface area contributed by atoms with Crippen LogP contribution in [0.1, 0.15) is 5.56 Å². The van der Waals surface area contributed by atoms with Crippen LogP contribution in [0.4, 0.5) is 0 Å². The summed E-state index contributed by atoms with van der Waals surface area (Å²) in [5.74, 6) is 0. The first-order chi connectivity index (χ1) is 5.33. The topological polar surface area (TPSA) is 52.0 Å². The van der Waals surface area contributed by atoms with E-state index in [1.807, 2.05) is 18.2 Å². The van der Waals surface area contributed by atoms with Crippen molar-refractivity contribution in [3.05, 3.63) is 35.9 Å². The van der Waals surface area contributed by atoms with E-state index in [-0.39, 0.29) is 6.04 Å². The minimum absolute atomic E-state index is 0.0948. The fourth-order valence-electron chi connectivity index (χ4n) is 1.00. The highest BCUT2D eigenvalue weighted by atomic mass is 14.7. The molecule has 0 aliphatic carbocycles. The summed E-state index contributed by atoms with van der Waals surface area (Å²) in [7, 11) is 0. The van der Waals surface area contributed by atoms with Crippen LogP contribution in [0.5, 0.6) is 0 Å². The molecule has 0 saturated heterocycles. The minimum atomic E-state index is 0.0948. The summed E-state index contributed by atoms with van der Waals surface area (Å²) in [6.07, 6.45) is 0.872. The maximum atomic E-state index is 5.68. The molecule has 2 heteroatoms. The predicted octanol–water partition coefficient (Wildman–Crippen LogP) is 0.515. The van der Waals surface area contributed by atoms with Gasteiger partial charge >= 0.3 is 0 Å². The maximum absolute atomic E-state index is 5.68. The molecule has 1 aromatic rings. The van der Waals surface area contributed by atoms with Gasteiger partial charge in [0.2, 0.25) is 0 Å². The van der Waals surface area contributed by atoms with Crippen molar-refractivity contribution >= 4 is 0 Å². The Hall–Kier alpha value is -0.860. The normalized spacial score (nSPS) is 12.9. The quantitative estimate of drug-likeness (QED) is 0.659. The zero-order valence-electron chi connectivity index (χ0n) is 6.53. The lowest BCUT2D eigenvalue weighted by Crippen LogP contribution is -2.31. The van der Waals surface area contributed by atoms with Gasteiger partial charge < -0.3 is 11.5 Å². The van der Waals surface area contributed by atoms with Crippen LogP contribution in [0, 0.1) is 0 Å². The van der Waals surface area contributed by atoms with Crippen LogP contribution in [0.15, 0.2) is 30.3 Å². The molecule has 1 rings (SSSR count). The van der Waals surface area contributed by atoms with Crippen LogP contribution < -0.4 is 11.5 Å². The van der Waals surface area contributed by atoms with Crippen molar-refractivity contribution in [2.24, 2.45) is 11.5 Å². The number of hydrogen-bond donors (Lipinski definition) is 2. The third kappa shape index (κ3) is 2.70. The van der Waals surface area contributed by atoms with Crippen LogP contribution in [0.2, 0.25) is 0 Å². The third-order valence-corrected chi connectivity index (χ3v) is 1.64. The van der Waals surface area contributed by atoms with Gasteiger partial charge in [0, 0.05) is 12.6 Å². The van der Waals surface area contributed by atoms with Crippen LogP contribution in [0.25, 0.3) is 0 Å². The molecule has 0 saturated carbocycles. The highest BCUT2D eigenvalue weighted by Gasteiger charge is 1.99. The van der Waals surface area contributed by atoms with Crippen LogP contribution >= 0.6 is 0 Å². The standard InChI is InChI=1S/C9H14N2/c10-7-9(11)6-8-4-2-1-3-5-8/h1-5,9H,6-7,10-11H2/t9-/m1/s1. The predicted molar refractivity (Wildman–Crippen MR) is 47.2 cm³/mol. The van der Waals surface area contributed by atoms with Gasteiger partial charge in [-0.2, -0.15) is 0 Å². The monoisotopic (exact) mass is 150 g/mol. The number of hydrogen-bond acceptors (Lipinski definition) is 2. The third-order valence-electron chi connectivity index (χ3n) is 1.64. The van der Waals surface area contributed by atoms with E-state index < -0.39 is 0 Å². The Bertz CT molecular complexity index is 196. The number of rotatable bonds is 3. The molecule has 0 aromatic heterocycles. The first-order valence-electron chi connectivity index (χ1n) is 3.82. The Morgan fingerprint density at radius 2 is 1.82 bits per heavy atom. The van der Waals surface area contributed by atoms with Gasteiger partial charge in [-0.15, -0.1) is 0 Å². The molecule has 0 unspecified atom stereocenters. The molecule has 0 amide bonds. The zero-order valence-corrected chi connectivity index (χ0v) is 6.53. The molecular weight excluding hydrogens is 136 g/mol. The van der Waals surface area contributed by atoms with Crippen molar-refractivity contribution in [2.45, 2.75) is 12.5 Å². The Labute approximate surface area is 67.2 Å². The van der Waals surface area contributed by atoms with Gasteiger partial charge in [-0.1, -0.05) is 30.3 Å². The van der Waals surface area contributed by atoms with Gasteiger partial charge in [0.05, 0.1) is 0 Å². The lowest BCUT2D eigenvalue weighted by molar-refractivity contribution is 0.678. The maximum Gasteiger partial charge on any atom is 0.0203 e. The smallest absolute Gasteiger partial charge is 0.0203 e. The largest absolute Gasteiger partial charge is 0.329 e. The molecule has 4 N–H and O–H groups in total. The first-order valence-corrected chi connectivity index (χ1v) is 3.82. The summed E-state index contributed by atoms with van der Waals surface area (Å²) < 4.78 is 0. The van der Waals surface area contributed by atoms with Crippen molar-refractivity contribution in [1.82, 2.24) is 0 Å². The van der Waals surface area contributed by atoms with Crippen LogP contribution in [0.3, 0.4) is 0 Å². The molecule has 0 heterocycles. The number of nitrogens with two attached hydrogens (primary N) is 2. The Kier molecular flexibility index (Phi) is 3.08. The Morgan fingerprint density at radius 3 is 2.36 bits per heavy atom. The van der Waals surface area contributed by atoms with Gasteiger partial charge in [-0.25, -0.2) is 0 Å². The first kappa shape index (κ1) is 8.24. The SMILES string of the molecule is NC[C@H](N)Cc1ccccc1. The fraction of sp³-hybridized carbons (Fsp3) is 0.333. The summed E-state index contributed by atoms with van der Waals surface area (Å²) >= 11 is 0. The summed E-state index contributed by atoms with van der Waals surface area (Å²) in [6, 6.07) is 10.2. The Morgan fingerprint density at radius 1 is 1.18 bits per heavy atom. The lowest BCUT2D eigenvalue weighted by atomic mass is 10.1. The van der Waals surface area contributed by atoms with E-state index >= 15 is 0 Å². The minimum Gasteiger partial charge on any atom is -0.329 e. The molecule has 1 aromatic carbocycles. The van der Waals surface area contributed by atoms with Crippen molar-refractivity contribution in [3.8, 4) is 0 Å². The average molecular weight is 150 g/mol. The van der Waals surface area contributed by atoms with Gasteiger partial charge in [0.15, 0.2) is 0 Å². The van der Waals surface area contributed by atoms with E-state index in [9.17, 15) is 0 Å². The van der Waals surface area contributed by atoms with E-state index in [1.54, 1.807) is 0 Å². The van der Waals surface area contributed by atoms with E-state index in [1.165, 1.54) is 5.56 Å². The van der Waals surface area contributed by atoms with Crippen LogP contribution in [-0.4, -0.2) is 12.6 Å². The highest BCUT2D eigenvalue weighted by Crippen LogP contribution is 2.00. The molecule has 0 spiro atoms. The summed E-state index contributed by atoms with van der Waals surface area (Å²) in [4.78, 5) is 0. The summed E-state index contributed by atoms with van der Waals surface area (Å²) in [6.45, 7) is 0.550. The molecule has 0 aliphatic heterocycles. The van der Waals surface area contributed by atoms with Gasteiger partial charge in [0.25, 0.3) is 0 Å². The van der Waals surface area contributed by atoms with E-state index in [2.05, 4.69) is 12.1 Å². The zero-order chi connectivity index (χ0) is 8.10. The Balaban J connectivity index is 2.51. The van der Waals surface area contributed by atoms with Crippen molar-refractivity contribution < 1.29 is 0 Å². The summed E-state index contributed by atoms with van der Waals surface area (Å²) in [5, 5.41) is 0. The fourth-order valence-corrected chi connectivity index (χ4v) is 1.00. The second-order valence-corrected chi connectivity index (χ2v) is 2.69. The molecule has 60 valence electrons. The molecule has 2 nitrogen and oxygen atoms in total. The van der Waals surface area contributed by atoms with Crippen LogP contribution in [-0.2, 0) is 6.42 Å². The average Bonchev–Trinajstić information content (AvgIpc) is 2.06. The summed E-state index contributed by atoms with van der Waals surface area (Å²) in [5.41, 5.74) is 12.3. The van der Waals surface area contributed by atoms with Crippen molar-refractivity contribution in [1.29, 1.82) is 0 Å². The lowest BCUT2D eigenvalue weighted by Gasteiger charge is -2.07. The van der Waals surface area contributed by atoms with Gasteiger partial charge in [-0.05, 0) is 12.0 Å². The molecule has 0 radical (unpaired) electrons. The van der Waals surface area contributed by atoms with Crippen molar-refractivity contribution in [2.75, 3.05) is 6.54 Å². The molecule has 0 aliphatic rings. The molecule has 11 heavy (non-hydrogen) atoms. The molecule has 0 fully saturated rings. The molecule has 0 bridgehead atoms. The van der Waals surface area contributed by atoms with E-state index in [0.717, 1.165) is 6.42 Å².